The molecule has 2 heteroatoms. The van der Waals surface area contributed by atoms with E-state index in [0.717, 1.165) is 0 Å². The van der Waals surface area contributed by atoms with Crippen LogP contribution >= 0.6 is 0 Å². The summed E-state index contributed by atoms with van der Waals surface area (Å²) in [4.78, 5) is 2.49. The Morgan fingerprint density at radius 2 is 1.07 bits per heavy atom. The van der Waals surface area contributed by atoms with Crippen LogP contribution in [-0.2, 0) is 0 Å². The first kappa shape index (κ1) is 24.9. The lowest BCUT2D eigenvalue weighted by molar-refractivity contribution is 0.745. The van der Waals surface area contributed by atoms with Crippen molar-refractivity contribution < 1.29 is 0 Å². The Bertz CT molecular complexity index is 2220. The van der Waals surface area contributed by atoms with Gasteiger partial charge in [-0.3, -0.25) is 0 Å². The Morgan fingerprint density at radius 1 is 0.432 bits per heavy atom. The molecule has 6 aromatic carbocycles. The molecule has 0 saturated heterocycles. The summed E-state index contributed by atoms with van der Waals surface area (Å²) < 4.78 is 2.40. The Balaban J connectivity index is 1.15. The highest BCUT2D eigenvalue weighted by Gasteiger charge is 2.37. The zero-order valence-electron chi connectivity index (χ0n) is 24.2. The maximum absolute atomic E-state index is 2.49. The fourth-order valence-corrected chi connectivity index (χ4v) is 7.27. The van der Waals surface area contributed by atoms with Gasteiger partial charge in [0.15, 0.2) is 0 Å². The van der Waals surface area contributed by atoms with Gasteiger partial charge in [-0.1, -0.05) is 115 Å². The molecule has 0 bridgehead atoms. The molecule has 9 rings (SSSR count). The van der Waals surface area contributed by atoms with Crippen LogP contribution < -0.4 is 4.90 Å². The van der Waals surface area contributed by atoms with Crippen molar-refractivity contribution in [3.63, 3.8) is 0 Å². The van der Waals surface area contributed by atoms with Gasteiger partial charge < -0.3 is 9.47 Å². The van der Waals surface area contributed by atoms with Gasteiger partial charge in [-0.15, -0.1) is 0 Å². The second kappa shape index (κ2) is 10.00. The zero-order valence-corrected chi connectivity index (χ0v) is 24.2. The number of benzene rings is 6. The molecule has 2 atom stereocenters. The van der Waals surface area contributed by atoms with E-state index in [1.54, 1.807) is 0 Å². The van der Waals surface area contributed by atoms with Crippen LogP contribution in [0.5, 0.6) is 0 Å². The number of anilines is 2. The van der Waals surface area contributed by atoms with Crippen molar-refractivity contribution in [2.24, 2.45) is 0 Å². The molecule has 2 unspecified atom stereocenters. The molecule has 2 nitrogen and oxygen atoms in total. The third kappa shape index (κ3) is 3.88. The molecule has 7 aromatic rings. The summed E-state index contributed by atoms with van der Waals surface area (Å²) >= 11 is 0. The number of allylic oxidation sites excluding steroid dienone is 2. The lowest BCUT2D eigenvalue weighted by Gasteiger charge is -2.28. The predicted molar refractivity (Wildman–Crippen MR) is 185 cm³/mol. The molecule has 0 saturated carbocycles. The fourth-order valence-electron chi connectivity index (χ4n) is 7.27. The summed E-state index contributed by atoms with van der Waals surface area (Å²) in [6.45, 7) is 0. The predicted octanol–water partition coefficient (Wildman–Crippen LogP) is 10.8. The van der Waals surface area contributed by atoms with E-state index in [9.17, 15) is 0 Å². The van der Waals surface area contributed by atoms with Crippen molar-refractivity contribution in [3.05, 3.63) is 175 Å². The van der Waals surface area contributed by atoms with Gasteiger partial charge in [0.05, 0.1) is 17.1 Å². The summed E-state index contributed by atoms with van der Waals surface area (Å²) in [5, 5.41) is 2.54. The van der Waals surface area contributed by atoms with E-state index in [-0.39, 0.29) is 0 Å². The summed E-state index contributed by atoms with van der Waals surface area (Å²) in [6, 6.07) is 53.3. The molecule has 208 valence electrons. The van der Waals surface area contributed by atoms with E-state index in [1.165, 1.54) is 66.7 Å². The van der Waals surface area contributed by atoms with Gasteiger partial charge >= 0.3 is 0 Å². The molecule has 2 aliphatic rings. The SMILES string of the molecule is C1=CC2c3cc(-c4ccc5c(c4)c4ccccc4n5-c4ccc(-c5ccccc5)cc4)ccc3N(c3ccccc3)C2C=C1. The molecule has 0 spiro atoms. The summed E-state index contributed by atoms with van der Waals surface area (Å²) in [6.07, 6.45) is 9.07. The van der Waals surface area contributed by atoms with Crippen LogP contribution in [0, 0.1) is 0 Å². The van der Waals surface area contributed by atoms with Crippen LogP contribution in [-0.4, -0.2) is 10.6 Å². The normalized spacial score (nSPS) is 16.9. The fraction of sp³-hybridized carbons (Fsp3) is 0.0476. The lowest BCUT2D eigenvalue weighted by atomic mass is 9.89. The smallest absolute Gasteiger partial charge is 0.0629 e. The Kier molecular flexibility index (Phi) is 5.67. The molecule has 2 heterocycles. The van der Waals surface area contributed by atoms with Crippen LogP contribution in [0.3, 0.4) is 0 Å². The van der Waals surface area contributed by atoms with Crippen molar-refractivity contribution in [2.75, 3.05) is 4.90 Å². The highest BCUT2D eigenvalue weighted by molar-refractivity contribution is 6.10. The average molecular weight is 563 g/mol. The minimum atomic E-state index is 0.293. The molecule has 0 radical (unpaired) electrons. The molecule has 1 aromatic heterocycles. The number of hydrogen-bond acceptors (Lipinski definition) is 1. The Labute approximate surface area is 257 Å². The second-order valence-electron chi connectivity index (χ2n) is 11.8. The first-order valence-corrected chi connectivity index (χ1v) is 15.4. The van der Waals surface area contributed by atoms with E-state index in [0.29, 0.717) is 12.0 Å². The van der Waals surface area contributed by atoms with Gasteiger partial charge in [0.25, 0.3) is 0 Å². The van der Waals surface area contributed by atoms with Crippen LogP contribution in [0.1, 0.15) is 11.5 Å². The molecule has 0 amide bonds. The van der Waals surface area contributed by atoms with Gasteiger partial charge in [-0.25, -0.2) is 0 Å². The lowest BCUT2D eigenvalue weighted by Crippen LogP contribution is -2.28. The number of hydrogen-bond donors (Lipinski definition) is 0. The monoisotopic (exact) mass is 562 g/mol. The quantitative estimate of drug-likeness (QED) is 0.207. The second-order valence-corrected chi connectivity index (χ2v) is 11.8. The average Bonchev–Trinajstić information content (AvgIpc) is 3.61. The van der Waals surface area contributed by atoms with Crippen LogP contribution in [0.25, 0.3) is 49.7 Å². The van der Waals surface area contributed by atoms with E-state index in [2.05, 4.69) is 179 Å². The number of para-hydroxylation sites is 2. The molecule has 0 N–H and O–H groups in total. The van der Waals surface area contributed by atoms with E-state index < -0.39 is 0 Å². The van der Waals surface area contributed by atoms with Crippen molar-refractivity contribution in [2.45, 2.75) is 12.0 Å². The van der Waals surface area contributed by atoms with Crippen LogP contribution in [0.2, 0.25) is 0 Å². The van der Waals surface area contributed by atoms with Gasteiger partial charge in [-0.05, 0) is 82.4 Å². The number of nitrogens with zero attached hydrogens (tertiary/aromatic N) is 2. The number of aromatic nitrogens is 1. The third-order valence-corrected chi connectivity index (χ3v) is 9.32. The maximum Gasteiger partial charge on any atom is 0.0629 e. The first-order valence-electron chi connectivity index (χ1n) is 15.4. The molecule has 1 aliphatic heterocycles. The van der Waals surface area contributed by atoms with Gasteiger partial charge in [-0.2, -0.15) is 0 Å². The van der Waals surface area contributed by atoms with Crippen molar-refractivity contribution in [3.8, 4) is 27.9 Å². The topological polar surface area (TPSA) is 8.17 Å². The summed E-state index contributed by atoms with van der Waals surface area (Å²) in [5.41, 5.74) is 12.5. The third-order valence-electron chi connectivity index (χ3n) is 9.32. The standard InChI is InChI=1S/C42H30N2/c1-3-11-29(12-4-1)30-19-23-34(24-20-30)44-40-18-10-8-16-36(40)38-28-32(22-26-42(38)44)31-21-25-41-37(27-31)35-15-7-9-17-39(35)43(41)33-13-5-2-6-14-33/h1-28,35,39H. The van der Waals surface area contributed by atoms with E-state index >= 15 is 0 Å². The number of fused-ring (bicyclic) bond motifs is 6. The molecule has 1 aliphatic carbocycles. The van der Waals surface area contributed by atoms with Crippen LogP contribution in [0.4, 0.5) is 11.4 Å². The highest BCUT2D eigenvalue weighted by atomic mass is 15.2. The Morgan fingerprint density at radius 3 is 1.91 bits per heavy atom. The van der Waals surface area contributed by atoms with E-state index in [4.69, 9.17) is 0 Å². The minimum absolute atomic E-state index is 0.293. The maximum atomic E-state index is 2.49. The van der Waals surface area contributed by atoms with Gasteiger partial charge in [0, 0.05) is 33.8 Å². The van der Waals surface area contributed by atoms with Gasteiger partial charge in [0.2, 0.25) is 0 Å². The van der Waals surface area contributed by atoms with Crippen molar-refractivity contribution >= 4 is 33.2 Å². The molecule has 44 heavy (non-hydrogen) atoms. The Hall–Kier alpha value is -5.60. The zero-order chi connectivity index (χ0) is 29.0. The summed E-state index contributed by atoms with van der Waals surface area (Å²) in [5.74, 6) is 0.333. The van der Waals surface area contributed by atoms with Crippen molar-refractivity contribution in [1.29, 1.82) is 0 Å². The van der Waals surface area contributed by atoms with E-state index in [1.807, 2.05) is 0 Å². The van der Waals surface area contributed by atoms with Crippen LogP contribution in [0.15, 0.2) is 170 Å². The van der Waals surface area contributed by atoms with Crippen molar-refractivity contribution in [1.82, 2.24) is 4.57 Å². The number of rotatable bonds is 4. The minimum Gasteiger partial charge on any atom is -0.333 e. The van der Waals surface area contributed by atoms with Gasteiger partial charge in [0.1, 0.15) is 0 Å². The highest BCUT2D eigenvalue weighted by Crippen LogP contribution is 2.49. The largest absolute Gasteiger partial charge is 0.333 e. The molecular formula is C42H30N2. The molecule has 0 fully saturated rings. The summed E-state index contributed by atoms with van der Waals surface area (Å²) in [7, 11) is 0. The molecular weight excluding hydrogens is 532 g/mol. The first-order chi connectivity index (χ1) is 21.8.